The topological polar surface area (TPSA) is 74.6 Å². The molecule has 2 aliphatic carbocycles. The Labute approximate surface area is 112 Å². The molecule has 2 rings (SSSR count). The maximum Gasteiger partial charge on any atom is 0.328 e. The van der Waals surface area contributed by atoms with Crippen LogP contribution in [0.3, 0.4) is 0 Å². The van der Waals surface area contributed by atoms with Crippen LogP contribution in [-0.2, 0) is 9.59 Å². The summed E-state index contributed by atoms with van der Waals surface area (Å²) in [6, 6.07) is 0. The average Bonchev–Trinajstić information content (AvgIpc) is 2.98. The van der Waals surface area contributed by atoms with Gasteiger partial charge in [0.2, 0.25) is 0 Å². The molecule has 0 aromatic carbocycles. The Balaban J connectivity index is 2.33. The minimum absolute atomic E-state index is 0.0795. The van der Waals surface area contributed by atoms with Gasteiger partial charge in [0.05, 0.1) is 0 Å². The number of allylic oxidation sites excluding steroid dienone is 3. The zero-order valence-electron chi connectivity index (χ0n) is 11.3. The monoisotopic (exact) mass is 262 g/mol. The van der Waals surface area contributed by atoms with Gasteiger partial charge in [0.15, 0.2) is 5.78 Å². The van der Waals surface area contributed by atoms with E-state index in [1.165, 1.54) is 6.08 Å². The van der Waals surface area contributed by atoms with Crippen LogP contribution in [-0.4, -0.2) is 27.6 Å². The van der Waals surface area contributed by atoms with Crippen LogP contribution in [0.4, 0.5) is 0 Å². The normalized spacial score (nSPS) is 38.1. The zero-order valence-corrected chi connectivity index (χ0v) is 11.3. The minimum atomic E-state index is -1.17. The summed E-state index contributed by atoms with van der Waals surface area (Å²) in [6.45, 7) is 5.29. The highest BCUT2D eigenvalue weighted by molar-refractivity contribution is 5.97. The zero-order chi connectivity index (χ0) is 14.4. The van der Waals surface area contributed by atoms with Crippen LogP contribution in [0.15, 0.2) is 35.5 Å². The predicted molar refractivity (Wildman–Crippen MR) is 70.5 cm³/mol. The Morgan fingerprint density at radius 2 is 2.16 bits per heavy atom. The number of hydrogen-bond acceptors (Lipinski definition) is 3. The molecule has 0 aromatic heterocycles. The number of aliphatic hydroxyl groups is 1. The molecular formula is C15H18O4. The standard InChI is InChI=1S/C15H18O4/c1-9(6-13(17)18)4-5-15(19)10(2)7-12(16)11-8-14(11,15)3/h4-7,11,19H,8H2,1-3H3,(H,17,18)/b5-4+,9-6+. The van der Waals surface area contributed by atoms with E-state index in [0.29, 0.717) is 17.6 Å². The predicted octanol–water partition coefficient (Wildman–Crippen LogP) is 1.86. The maximum absolute atomic E-state index is 11.7. The van der Waals surface area contributed by atoms with E-state index in [1.54, 1.807) is 26.0 Å². The summed E-state index contributed by atoms with van der Waals surface area (Å²) in [5.74, 6) is -1.05. The van der Waals surface area contributed by atoms with E-state index in [0.717, 1.165) is 6.08 Å². The van der Waals surface area contributed by atoms with Gasteiger partial charge in [-0.1, -0.05) is 13.0 Å². The van der Waals surface area contributed by atoms with E-state index in [4.69, 9.17) is 5.11 Å². The first-order chi connectivity index (χ1) is 8.70. The van der Waals surface area contributed by atoms with Crippen LogP contribution in [0.5, 0.6) is 0 Å². The van der Waals surface area contributed by atoms with Gasteiger partial charge in [-0.2, -0.15) is 0 Å². The maximum atomic E-state index is 11.7. The Morgan fingerprint density at radius 3 is 2.74 bits per heavy atom. The molecule has 3 atom stereocenters. The van der Waals surface area contributed by atoms with E-state index < -0.39 is 17.0 Å². The highest BCUT2D eigenvalue weighted by atomic mass is 16.4. The summed E-state index contributed by atoms with van der Waals surface area (Å²) >= 11 is 0. The number of carboxylic acid groups (broad SMARTS) is 1. The fourth-order valence-electron chi connectivity index (χ4n) is 2.89. The number of aliphatic carboxylic acids is 1. The molecule has 3 unspecified atom stereocenters. The summed E-state index contributed by atoms with van der Waals surface area (Å²) in [4.78, 5) is 22.3. The quantitative estimate of drug-likeness (QED) is 0.601. The molecule has 19 heavy (non-hydrogen) atoms. The molecule has 0 amide bonds. The SMILES string of the molecule is CC1=CC(=O)C2CC2(C)C1(O)/C=C/C(C)=C/C(=O)O. The second kappa shape index (κ2) is 4.17. The molecule has 2 N–H and O–H groups in total. The van der Waals surface area contributed by atoms with Gasteiger partial charge in [-0.05, 0) is 43.6 Å². The summed E-state index contributed by atoms with van der Waals surface area (Å²) < 4.78 is 0. The van der Waals surface area contributed by atoms with Gasteiger partial charge in [-0.25, -0.2) is 4.79 Å². The molecule has 0 aliphatic heterocycles. The first-order valence-corrected chi connectivity index (χ1v) is 6.26. The summed E-state index contributed by atoms with van der Waals surface area (Å²) in [5.41, 5.74) is -0.457. The van der Waals surface area contributed by atoms with Gasteiger partial charge in [0.25, 0.3) is 0 Å². The van der Waals surface area contributed by atoms with Crippen molar-refractivity contribution in [2.45, 2.75) is 32.8 Å². The molecule has 0 radical (unpaired) electrons. The third-order valence-corrected chi connectivity index (χ3v) is 4.35. The number of ketones is 1. The molecule has 0 spiro atoms. The highest BCUT2D eigenvalue weighted by Crippen LogP contribution is 2.64. The van der Waals surface area contributed by atoms with Crippen LogP contribution >= 0.6 is 0 Å². The number of rotatable bonds is 3. The van der Waals surface area contributed by atoms with Crippen molar-refractivity contribution in [1.82, 2.24) is 0 Å². The van der Waals surface area contributed by atoms with Crippen LogP contribution in [0.1, 0.15) is 27.2 Å². The fourth-order valence-corrected chi connectivity index (χ4v) is 2.89. The van der Waals surface area contributed by atoms with Crippen molar-refractivity contribution in [1.29, 1.82) is 0 Å². The largest absolute Gasteiger partial charge is 0.478 e. The lowest BCUT2D eigenvalue weighted by molar-refractivity contribution is -0.131. The second-order valence-electron chi connectivity index (χ2n) is 5.73. The van der Waals surface area contributed by atoms with E-state index in [9.17, 15) is 14.7 Å². The van der Waals surface area contributed by atoms with Crippen molar-refractivity contribution in [3.8, 4) is 0 Å². The van der Waals surface area contributed by atoms with Crippen LogP contribution in [0.25, 0.3) is 0 Å². The van der Waals surface area contributed by atoms with Crippen molar-refractivity contribution in [3.63, 3.8) is 0 Å². The molecule has 0 bridgehead atoms. The Hall–Kier alpha value is -1.68. The number of hydrogen-bond donors (Lipinski definition) is 2. The third kappa shape index (κ3) is 2.06. The van der Waals surface area contributed by atoms with Crippen LogP contribution in [0, 0.1) is 11.3 Å². The summed E-state index contributed by atoms with van der Waals surface area (Å²) in [6.07, 6.45) is 6.46. The van der Waals surface area contributed by atoms with Gasteiger partial charge in [0, 0.05) is 17.4 Å². The molecule has 4 nitrogen and oxygen atoms in total. The molecule has 0 aromatic rings. The van der Waals surface area contributed by atoms with Gasteiger partial charge < -0.3 is 10.2 Å². The van der Waals surface area contributed by atoms with Crippen molar-refractivity contribution >= 4 is 11.8 Å². The van der Waals surface area contributed by atoms with Crippen molar-refractivity contribution in [2.75, 3.05) is 0 Å². The van der Waals surface area contributed by atoms with E-state index in [2.05, 4.69) is 0 Å². The highest BCUT2D eigenvalue weighted by Gasteiger charge is 2.67. The summed E-state index contributed by atoms with van der Waals surface area (Å²) in [7, 11) is 0. The van der Waals surface area contributed by atoms with Gasteiger partial charge in [0.1, 0.15) is 5.60 Å². The lowest BCUT2D eigenvalue weighted by atomic mass is 9.73. The molecule has 0 saturated heterocycles. The minimum Gasteiger partial charge on any atom is -0.478 e. The van der Waals surface area contributed by atoms with E-state index in [-0.39, 0.29) is 11.7 Å². The fraction of sp³-hybridized carbons (Fsp3) is 0.467. The molecule has 1 fully saturated rings. The molecule has 4 heteroatoms. The molecule has 0 heterocycles. The Kier molecular flexibility index (Phi) is 3.01. The van der Waals surface area contributed by atoms with Crippen molar-refractivity contribution in [3.05, 3.63) is 35.5 Å². The average molecular weight is 262 g/mol. The lowest BCUT2D eigenvalue weighted by Gasteiger charge is -2.36. The molecule has 1 saturated carbocycles. The second-order valence-corrected chi connectivity index (χ2v) is 5.73. The Morgan fingerprint density at radius 1 is 1.53 bits per heavy atom. The van der Waals surface area contributed by atoms with E-state index >= 15 is 0 Å². The van der Waals surface area contributed by atoms with Crippen molar-refractivity contribution < 1.29 is 19.8 Å². The van der Waals surface area contributed by atoms with Crippen molar-refractivity contribution in [2.24, 2.45) is 11.3 Å². The van der Waals surface area contributed by atoms with Crippen LogP contribution < -0.4 is 0 Å². The first-order valence-electron chi connectivity index (χ1n) is 6.26. The number of carbonyl (C=O) groups excluding carboxylic acids is 1. The lowest BCUT2D eigenvalue weighted by Crippen LogP contribution is -2.42. The Bertz CT molecular complexity index is 540. The first kappa shape index (κ1) is 13.7. The number of fused-ring (bicyclic) bond motifs is 1. The van der Waals surface area contributed by atoms with Gasteiger partial charge in [-0.3, -0.25) is 4.79 Å². The number of carboxylic acids is 1. The smallest absolute Gasteiger partial charge is 0.328 e. The van der Waals surface area contributed by atoms with Gasteiger partial charge in [-0.15, -0.1) is 0 Å². The molecule has 2 aliphatic rings. The van der Waals surface area contributed by atoms with E-state index in [1.807, 2.05) is 6.92 Å². The molecule has 102 valence electrons. The molecular weight excluding hydrogens is 244 g/mol. The summed E-state index contributed by atoms with van der Waals surface area (Å²) in [5, 5.41) is 19.5. The number of carbonyl (C=O) groups is 2. The van der Waals surface area contributed by atoms with Crippen LogP contribution in [0.2, 0.25) is 0 Å². The van der Waals surface area contributed by atoms with Gasteiger partial charge >= 0.3 is 5.97 Å². The third-order valence-electron chi connectivity index (χ3n) is 4.35.